The predicted octanol–water partition coefficient (Wildman–Crippen LogP) is 2.38. The third-order valence-electron chi connectivity index (χ3n) is 2.46. The molecule has 1 atom stereocenters. The SMILES string of the molecule is CC(NCc1ccc(C#N)cc1)C(=O)OC(C)(C)C. The van der Waals surface area contributed by atoms with Gasteiger partial charge in [0.25, 0.3) is 0 Å². The highest BCUT2D eigenvalue weighted by Gasteiger charge is 2.21. The van der Waals surface area contributed by atoms with E-state index in [1.54, 1.807) is 19.1 Å². The van der Waals surface area contributed by atoms with Gasteiger partial charge in [-0.25, -0.2) is 0 Å². The van der Waals surface area contributed by atoms with Gasteiger partial charge in [-0.3, -0.25) is 4.79 Å². The van der Waals surface area contributed by atoms with Crippen LogP contribution in [-0.4, -0.2) is 17.6 Å². The number of nitriles is 1. The van der Waals surface area contributed by atoms with Crippen LogP contribution in [0.3, 0.4) is 0 Å². The zero-order valence-electron chi connectivity index (χ0n) is 11.9. The van der Waals surface area contributed by atoms with Gasteiger partial charge < -0.3 is 10.1 Å². The van der Waals surface area contributed by atoms with Gasteiger partial charge in [0.2, 0.25) is 0 Å². The molecule has 1 aromatic carbocycles. The first-order chi connectivity index (χ1) is 8.81. The van der Waals surface area contributed by atoms with Crippen molar-refractivity contribution in [3.05, 3.63) is 35.4 Å². The molecule has 1 rings (SSSR count). The van der Waals surface area contributed by atoms with Crippen molar-refractivity contribution in [2.45, 2.75) is 45.9 Å². The number of hydrogen-bond donors (Lipinski definition) is 1. The largest absolute Gasteiger partial charge is 0.459 e. The average Bonchev–Trinajstić information content (AvgIpc) is 2.34. The lowest BCUT2D eigenvalue weighted by molar-refractivity contribution is -0.157. The Morgan fingerprint density at radius 2 is 1.95 bits per heavy atom. The van der Waals surface area contributed by atoms with Crippen LogP contribution in [0.25, 0.3) is 0 Å². The number of hydrogen-bond acceptors (Lipinski definition) is 4. The summed E-state index contributed by atoms with van der Waals surface area (Å²) in [5, 5.41) is 11.8. The summed E-state index contributed by atoms with van der Waals surface area (Å²) >= 11 is 0. The number of nitrogens with one attached hydrogen (secondary N) is 1. The second kappa shape index (κ2) is 6.35. The third kappa shape index (κ3) is 5.54. The summed E-state index contributed by atoms with van der Waals surface area (Å²) in [5.41, 5.74) is 1.18. The van der Waals surface area contributed by atoms with E-state index in [-0.39, 0.29) is 12.0 Å². The Kier molecular flexibility index (Phi) is 5.08. The van der Waals surface area contributed by atoms with E-state index >= 15 is 0 Å². The molecule has 0 heterocycles. The van der Waals surface area contributed by atoms with E-state index in [0.717, 1.165) is 5.56 Å². The molecule has 4 heteroatoms. The van der Waals surface area contributed by atoms with Crippen LogP contribution in [0.1, 0.15) is 38.8 Å². The Balaban J connectivity index is 2.47. The van der Waals surface area contributed by atoms with Gasteiger partial charge >= 0.3 is 5.97 Å². The summed E-state index contributed by atoms with van der Waals surface area (Å²) in [4.78, 5) is 11.8. The lowest BCUT2D eigenvalue weighted by Crippen LogP contribution is -2.38. The minimum Gasteiger partial charge on any atom is -0.459 e. The Hall–Kier alpha value is -1.86. The molecule has 0 bridgehead atoms. The topological polar surface area (TPSA) is 62.1 Å². The van der Waals surface area contributed by atoms with Crippen molar-refractivity contribution in [1.29, 1.82) is 5.26 Å². The first kappa shape index (κ1) is 15.2. The van der Waals surface area contributed by atoms with E-state index < -0.39 is 5.60 Å². The zero-order chi connectivity index (χ0) is 14.5. The van der Waals surface area contributed by atoms with Crippen molar-refractivity contribution in [2.24, 2.45) is 0 Å². The highest BCUT2D eigenvalue weighted by Crippen LogP contribution is 2.09. The van der Waals surface area contributed by atoms with Crippen LogP contribution in [0.4, 0.5) is 0 Å². The highest BCUT2D eigenvalue weighted by atomic mass is 16.6. The number of carbonyl (C=O) groups is 1. The van der Waals surface area contributed by atoms with E-state index in [1.807, 2.05) is 32.9 Å². The highest BCUT2D eigenvalue weighted by molar-refractivity contribution is 5.75. The van der Waals surface area contributed by atoms with Crippen LogP contribution >= 0.6 is 0 Å². The van der Waals surface area contributed by atoms with E-state index in [1.165, 1.54) is 0 Å². The van der Waals surface area contributed by atoms with E-state index in [0.29, 0.717) is 12.1 Å². The molecule has 0 aliphatic carbocycles. The maximum absolute atomic E-state index is 11.8. The number of rotatable bonds is 4. The van der Waals surface area contributed by atoms with Crippen molar-refractivity contribution in [3.8, 4) is 6.07 Å². The van der Waals surface area contributed by atoms with Gasteiger partial charge in [-0.05, 0) is 45.4 Å². The third-order valence-corrected chi connectivity index (χ3v) is 2.46. The van der Waals surface area contributed by atoms with Crippen molar-refractivity contribution < 1.29 is 9.53 Å². The maximum atomic E-state index is 11.8. The molecule has 0 spiro atoms. The van der Waals surface area contributed by atoms with Crippen LogP contribution in [-0.2, 0) is 16.1 Å². The lowest BCUT2D eigenvalue weighted by atomic mass is 10.1. The maximum Gasteiger partial charge on any atom is 0.323 e. The fourth-order valence-corrected chi connectivity index (χ4v) is 1.44. The van der Waals surface area contributed by atoms with E-state index in [4.69, 9.17) is 10.00 Å². The molecule has 0 saturated heterocycles. The van der Waals surface area contributed by atoms with Crippen molar-refractivity contribution >= 4 is 5.97 Å². The van der Waals surface area contributed by atoms with Gasteiger partial charge in [-0.1, -0.05) is 12.1 Å². The van der Waals surface area contributed by atoms with Crippen LogP contribution in [0.5, 0.6) is 0 Å². The Morgan fingerprint density at radius 3 is 2.42 bits per heavy atom. The zero-order valence-corrected chi connectivity index (χ0v) is 11.9. The van der Waals surface area contributed by atoms with E-state index in [9.17, 15) is 4.79 Å². The molecule has 0 aromatic heterocycles. The molecule has 0 aliphatic rings. The van der Waals surface area contributed by atoms with Gasteiger partial charge in [-0.15, -0.1) is 0 Å². The number of esters is 1. The summed E-state index contributed by atoms with van der Waals surface area (Å²) in [5.74, 6) is -0.263. The second-order valence-electron chi connectivity index (χ2n) is 5.44. The number of nitrogens with zero attached hydrogens (tertiary/aromatic N) is 1. The molecule has 102 valence electrons. The van der Waals surface area contributed by atoms with Crippen LogP contribution in [0, 0.1) is 11.3 Å². The van der Waals surface area contributed by atoms with Crippen LogP contribution in [0.2, 0.25) is 0 Å². The Morgan fingerprint density at radius 1 is 1.37 bits per heavy atom. The normalized spacial score (nSPS) is 12.6. The minimum atomic E-state index is -0.471. The molecule has 0 amide bonds. The monoisotopic (exact) mass is 260 g/mol. The molecule has 0 aliphatic heterocycles. The van der Waals surface area contributed by atoms with Crippen LogP contribution < -0.4 is 5.32 Å². The molecule has 0 saturated carbocycles. The lowest BCUT2D eigenvalue weighted by Gasteiger charge is -2.22. The second-order valence-corrected chi connectivity index (χ2v) is 5.44. The number of carbonyl (C=O) groups excluding carboxylic acids is 1. The number of benzene rings is 1. The Labute approximate surface area is 114 Å². The van der Waals surface area contributed by atoms with Gasteiger partial charge in [0.05, 0.1) is 11.6 Å². The predicted molar refractivity (Wildman–Crippen MR) is 73.3 cm³/mol. The fourth-order valence-electron chi connectivity index (χ4n) is 1.44. The summed E-state index contributed by atoms with van der Waals surface area (Å²) in [6, 6.07) is 8.96. The van der Waals surface area contributed by atoms with Gasteiger partial charge in [-0.2, -0.15) is 5.26 Å². The van der Waals surface area contributed by atoms with Gasteiger partial charge in [0.15, 0.2) is 0 Å². The summed E-state index contributed by atoms with van der Waals surface area (Å²) in [7, 11) is 0. The van der Waals surface area contributed by atoms with E-state index in [2.05, 4.69) is 11.4 Å². The minimum absolute atomic E-state index is 0.263. The summed E-state index contributed by atoms with van der Waals surface area (Å²) in [6.07, 6.45) is 0. The standard InChI is InChI=1S/C15H20N2O2/c1-11(14(18)19-15(2,3)4)17-10-13-7-5-12(9-16)6-8-13/h5-8,11,17H,10H2,1-4H3. The summed E-state index contributed by atoms with van der Waals surface area (Å²) in [6.45, 7) is 7.87. The van der Waals surface area contributed by atoms with Crippen molar-refractivity contribution in [2.75, 3.05) is 0 Å². The molecule has 19 heavy (non-hydrogen) atoms. The molecular weight excluding hydrogens is 240 g/mol. The van der Waals surface area contributed by atoms with Crippen molar-refractivity contribution in [1.82, 2.24) is 5.32 Å². The van der Waals surface area contributed by atoms with Gasteiger partial charge in [0, 0.05) is 6.54 Å². The quantitative estimate of drug-likeness (QED) is 0.844. The molecule has 0 radical (unpaired) electrons. The molecule has 0 fully saturated rings. The number of ether oxygens (including phenoxy) is 1. The first-order valence-corrected chi connectivity index (χ1v) is 6.27. The molecule has 1 N–H and O–H groups in total. The van der Waals surface area contributed by atoms with Gasteiger partial charge in [0.1, 0.15) is 11.6 Å². The molecular formula is C15H20N2O2. The summed E-state index contributed by atoms with van der Waals surface area (Å²) < 4.78 is 5.28. The smallest absolute Gasteiger partial charge is 0.323 e. The first-order valence-electron chi connectivity index (χ1n) is 6.27. The van der Waals surface area contributed by atoms with Crippen molar-refractivity contribution in [3.63, 3.8) is 0 Å². The average molecular weight is 260 g/mol. The Bertz CT molecular complexity index is 466. The molecule has 1 aromatic rings. The van der Waals surface area contributed by atoms with Crippen LogP contribution in [0.15, 0.2) is 24.3 Å². The molecule has 1 unspecified atom stereocenters. The molecule has 4 nitrogen and oxygen atoms in total. The fraction of sp³-hybridized carbons (Fsp3) is 0.467.